The molecule has 0 radical (unpaired) electrons. The highest BCUT2D eigenvalue weighted by molar-refractivity contribution is 5.93. The average molecular weight is 356 g/mol. The Balaban J connectivity index is 2.33. The van der Waals surface area contributed by atoms with Crippen LogP contribution in [0.4, 0.5) is 4.39 Å². The maximum absolute atomic E-state index is 13.2. The number of carboxylic acids is 1. The molecule has 26 heavy (non-hydrogen) atoms. The van der Waals surface area contributed by atoms with Crippen LogP contribution in [0.2, 0.25) is 0 Å². The van der Waals surface area contributed by atoms with Crippen molar-refractivity contribution < 1.29 is 19.0 Å². The molecule has 1 N–H and O–H groups in total. The molecular formula is C19H17FN2O4. The van der Waals surface area contributed by atoms with Gasteiger partial charge in [-0.15, -0.1) is 0 Å². The van der Waals surface area contributed by atoms with Crippen molar-refractivity contribution in [3.05, 3.63) is 64.2 Å². The van der Waals surface area contributed by atoms with Crippen LogP contribution in [0.5, 0.6) is 5.75 Å². The lowest BCUT2D eigenvalue weighted by Crippen LogP contribution is -2.23. The maximum Gasteiger partial charge on any atom is 0.360 e. The Hall–Kier alpha value is -3.22. The fraction of sp³-hybridized carbons (Fsp3) is 0.211. The molecule has 134 valence electrons. The molecule has 3 aromatic rings. The van der Waals surface area contributed by atoms with E-state index in [1.165, 1.54) is 28.9 Å². The van der Waals surface area contributed by atoms with Crippen molar-refractivity contribution in [3.8, 4) is 11.4 Å². The Morgan fingerprint density at radius 2 is 1.92 bits per heavy atom. The highest BCUT2D eigenvalue weighted by atomic mass is 19.1. The molecule has 0 spiro atoms. The minimum atomic E-state index is -1.44. The summed E-state index contributed by atoms with van der Waals surface area (Å²) in [5.41, 5.74) is -0.527. The van der Waals surface area contributed by atoms with Crippen molar-refractivity contribution in [1.82, 2.24) is 9.78 Å². The lowest BCUT2D eigenvalue weighted by atomic mass is 10.1. The van der Waals surface area contributed by atoms with E-state index >= 15 is 0 Å². The van der Waals surface area contributed by atoms with Crippen molar-refractivity contribution in [2.75, 3.05) is 6.61 Å². The molecule has 0 atom stereocenters. The number of ether oxygens (including phenoxy) is 1. The summed E-state index contributed by atoms with van der Waals surface area (Å²) in [6, 6.07) is 10.3. The number of carbonyl (C=O) groups is 1. The Kier molecular flexibility index (Phi) is 4.71. The van der Waals surface area contributed by atoms with Crippen molar-refractivity contribution in [2.45, 2.75) is 13.8 Å². The Labute approximate surface area is 148 Å². The van der Waals surface area contributed by atoms with Crippen molar-refractivity contribution in [1.29, 1.82) is 0 Å². The Bertz CT molecular complexity index is 1030. The summed E-state index contributed by atoms with van der Waals surface area (Å²) in [5, 5.41) is 13.5. The first-order valence-corrected chi connectivity index (χ1v) is 8.06. The van der Waals surface area contributed by atoms with Crippen LogP contribution >= 0.6 is 0 Å². The maximum atomic E-state index is 13.2. The first kappa shape index (κ1) is 17.6. The van der Waals surface area contributed by atoms with E-state index in [0.717, 1.165) is 0 Å². The number of aromatic nitrogens is 2. The van der Waals surface area contributed by atoms with E-state index in [2.05, 4.69) is 5.10 Å². The number of halogens is 1. The second-order valence-electron chi connectivity index (χ2n) is 6.23. The van der Waals surface area contributed by atoms with E-state index in [1.807, 2.05) is 13.8 Å². The highest BCUT2D eigenvalue weighted by Gasteiger charge is 2.20. The second kappa shape index (κ2) is 6.95. The van der Waals surface area contributed by atoms with Gasteiger partial charge in [-0.3, -0.25) is 4.79 Å². The molecule has 0 aliphatic carbocycles. The molecule has 0 unspecified atom stereocenters. The van der Waals surface area contributed by atoms with Gasteiger partial charge < -0.3 is 9.84 Å². The third-order valence-corrected chi connectivity index (χ3v) is 3.72. The molecule has 0 amide bonds. The van der Waals surface area contributed by atoms with Crippen LogP contribution in [0, 0.1) is 11.7 Å². The van der Waals surface area contributed by atoms with E-state index in [4.69, 9.17) is 4.74 Å². The fourth-order valence-electron chi connectivity index (χ4n) is 2.54. The molecular weight excluding hydrogens is 339 g/mol. The van der Waals surface area contributed by atoms with Crippen molar-refractivity contribution in [3.63, 3.8) is 0 Å². The van der Waals surface area contributed by atoms with Crippen LogP contribution in [0.1, 0.15) is 24.3 Å². The van der Waals surface area contributed by atoms with Gasteiger partial charge in [0.2, 0.25) is 11.1 Å². The summed E-state index contributed by atoms with van der Waals surface area (Å²) in [4.78, 5) is 24.2. The molecule has 3 rings (SSSR count). The Morgan fingerprint density at radius 3 is 2.54 bits per heavy atom. The van der Waals surface area contributed by atoms with E-state index in [-0.39, 0.29) is 11.3 Å². The molecule has 0 saturated carbocycles. The number of carboxylic acid groups (broad SMARTS) is 1. The molecule has 1 aromatic heterocycles. The van der Waals surface area contributed by atoms with Gasteiger partial charge in [0.15, 0.2) is 0 Å². The predicted molar refractivity (Wildman–Crippen MR) is 94.6 cm³/mol. The fourth-order valence-corrected chi connectivity index (χ4v) is 2.54. The normalized spacial score (nSPS) is 11.1. The number of nitrogens with zero attached hydrogens (tertiary/aromatic N) is 2. The monoisotopic (exact) mass is 356 g/mol. The third kappa shape index (κ3) is 3.28. The van der Waals surface area contributed by atoms with Gasteiger partial charge in [0.25, 0.3) is 0 Å². The number of aromatic carboxylic acids is 1. The number of hydrogen-bond acceptors (Lipinski definition) is 4. The number of rotatable bonds is 5. The topological polar surface area (TPSA) is 81.4 Å². The van der Waals surface area contributed by atoms with Gasteiger partial charge in [-0.05, 0) is 42.3 Å². The lowest BCUT2D eigenvalue weighted by Gasteiger charge is -2.15. The molecule has 0 saturated heterocycles. The van der Waals surface area contributed by atoms with Gasteiger partial charge in [0.1, 0.15) is 11.6 Å². The van der Waals surface area contributed by atoms with Crippen molar-refractivity contribution in [2.24, 2.45) is 5.92 Å². The Morgan fingerprint density at radius 1 is 1.23 bits per heavy atom. The minimum absolute atomic E-state index is 0.130. The van der Waals surface area contributed by atoms with Crippen LogP contribution < -0.4 is 10.2 Å². The summed E-state index contributed by atoms with van der Waals surface area (Å²) in [5.74, 6) is -1.35. The first-order chi connectivity index (χ1) is 12.4. The van der Waals surface area contributed by atoms with Crippen LogP contribution in [0.15, 0.2) is 47.3 Å². The number of fused-ring (bicyclic) bond motifs is 1. The summed E-state index contributed by atoms with van der Waals surface area (Å²) in [6.45, 7) is 4.30. The summed E-state index contributed by atoms with van der Waals surface area (Å²) in [6.07, 6.45) is 0. The number of benzene rings is 2. The number of hydrogen-bond donors (Lipinski definition) is 1. The second-order valence-corrected chi connectivity index (χ2v) is 6.23. The molecule has 6 nitrogen and oxygen atoms in total. The zero-order chi connectivity index (χ0) is 18.8. The molecule has 0 aliphatic heterocycles. The third-order valence-electron chi connectivity index (χ3n) is 3.72. The summed E-state index contributed by atoms with van der Waals surface area (Å²) < 4.78 is 20.3. The van der Waals surface area contributed by atoms with Gasteiger partial charge in [0.05, 0.1) is 23.2 Å². The van der Waals surface area contributed by atoms with Crippen LogP contribution in [0.25, 0.3) is 16.6 Å². The molecule has 0 aliphatic rings. The molecule has 2 aromatic carbocycles. The largest absolute Gasteiger partial charge is 0.492 e. The van der Waals surface area contributed by atoms with E-state index < -0.39 is 22.9 Å². The van der Waals surface area contributed by atoms with Gasteiger partial charge in [-0.25, -0.2) is 13.9 Å². The highest BCUT2D eigenvalue weighted by Crippen LogP contribution is 2.25. The average Bonchev–Trinajstić information content (AvgIpc) is 2.60. The standard InChI is InChI=1S/C19H17FN2O4/c1-11(2)10-26-15-5-3-4-14-16(15)18(23)17(19(24)25)21-22(14)13-8-6-12(20)7-9-13/h3-9,11H,10H2,1-2H3,(H,24,25). The van der Waals surface area contributed by atoms with E-state index in [0.29, 0.717) is 23.6 Å². The van der Waals surface area contributed by atoms with Gasteiger partial charge in [0, 0.05) is 0 Å². The predicted octanol–water partition coefficient (Wildman–Crippen LogP) is 3.26. The zero-order valence-corrected chi connectivity index (χ0v) is 14.3. The molecule has 1 heterocycles. The molecule has 0 bridgehead atoms. The van der Waals surface area contributed by atoms with E-state index in [9.17, 15) is 19.1 Å². The summed E-state index contributed by atoms with van der Waals surface area (Å²) in [7, 11) is 0. The van der Waals surface area contributed by atoms with Gasteiger partial charge in [-0.1, -0.05) is 19.9 Å². The summed E-state index contributed by atoms with van der Waals surface area (Å²) >= 11 is 0. The van der Waals surface area contributed by atoms with Crippen LogP contribution in [-0.2, 0) is 0 Å². The van der Waals surface area contributed by atoms with Gasteiger partial charge in [-0.2, -0.15) is 5.10 Å². The van der Waals surface area contributed by atoms with Crippen LogP contribution in [-0.4, -0.2) is 27.5 Å². The molecule has 0 fully saturated rings. The quantitative estimate of drug-likeness (QED) is 0.759. The molecule has 7 heteroatoms. The van der Waals surface area contributed by atoms with Gasteiger partial charge >= 0.3 is 5.97 Å². The van der Waals surface area contributed by atoms with E-state index in [1.54, 1.807) is 18.2 Å². The van der Waals surface area contributed by atoms with Crippen LogP contribution in [0.3, 0.4) is 0 Å². The SMILES string of the molecule is CC(C)COc1cccc2c1c(=O)c(C(=O)O)nn2-c1ccc(F)cc1. The smallest absolute Gasteiger partial charge is 0.360 e. The first-order valence-electron chi connectivity index (χ1n) is 8.06. The van der Waals surface area contributed by atoms with Crippen molar-refractivity contribution >= 4 is 16.9 Å². The zero-order valence-electron chi connectivity index (χ0n) is 14.3. The lowest BCUT2D eigenvalue weighted by molar-refractivity contribution is 0.0687. The minimum Gasteiger partial charge on any atom is -0.492 e.